The van der Waals surface area contributed by atoms with Crippen molar-refractivity contribution in [3.05, 3.63) is 86.7 Å². The predicted molar refractivity (Wildman–Crippen MR) is 112 cm³/mol. The first-order valence-electron chi connectivity index (χ1n) is 9.38. The van der Waals surface area contributed by atoms with Gasteiger partial charge in [0.15, 0.2) is 16.8 Å². The molecule has 154 valence electrons. The van der Waals surface area contributed by atoms with Crippen LogP contribution in [0.5, 0.6) is 0 Å². The molecule has 8 heteroatoms. The van der Waals surface area contributed by atoms with Crippen LogP contribution >= 0.6 is 11.8 Å². The second-order valence-corrected chi connectivity index (χ2v) is 8.19. The average Bonchev–Trinajstić information content (AvgIpc) is 2.71. The molecule has 1 atom stereocenters. The van der Waals surface area contributed by atoms with E-state index < -0.39 is 23.1 Å². The zero-order valence-corrected chi connectivity index (χ0v) is 17.2. The summed E-state index contributed by atoms with van der Waals surface area (Å²) in [6.07, 6.45) is -0.153. The van der Waals surface area contributed by atoms with E-state index in [0.29, 0.717) is 10.9 Å². The van der Waals surface area contributed by atoms with Gasteiger partial charge in [0.25, 0.3) is 5.56 Å². The van der Waals surface area contributed by atoms with E-state index in [0.717, 1.165) is 17.2 Å². The smallest absolute Gasteiger partial charge is 0.279 e. The van der Waals surface area contributed by atoms with Gasteiger partial charge in [-0.05, 0) is 24.1 Å². The van der Waals surface area contributed by atoms with Gasteiger partial charge in [-0.2, -0.15) is 4.98 Å². The van der Waals surface area contributed by atoms with E-state index in [1.165, 1.54) is 23.9 Å². The monoisotopic (exact) mass is 427 g/mol. The first-order chi connectivity index (χ1) is 14.3. The van der Waals surface area contributed by atoms with Crippen LogP contribution in [0.25, 0.3) is 0 Å². The van der Waals surface area contributed by atoms with Gasteiger partial charge in [-0.3, -0.25) is 9.59 Å². The number of thioether (sulfide) groups is 1. The second-order valence-electron chi connectivity index (χ2n) is 7.25. The van der Waals surface area contributed by atoms with Gasteiger partial charge in [0.05, 0.1) is 5.56 Å². The second kappa shape index (κ2) is 8.02. The summed E-state index contributed by atoms with van der Waals surface area (Å²) in [6, 6.07) is 11.8. The average molecular weight is 427 g/mol. The number of halogens is 2. The highest BCUT2D eigenvalue weighted by atomic mass is 32.2. The van der Waals surface area contributed by atoms with Crippen LogP contribution < -0.4 is 10.9 Å². The number of nitrogens with one attached hydrogen (secondary N) is 1. The van der Waals surface area contributed by atoms with Gasteiger partial charge in [0.2, 0.25) is 5.91 Å². The molecule has 3 aromatic rings. The molecule has 1 aliphatic heterocycles. The number of fused-ring (bicyclic) bond motifs is 1. The Bertz CT molecular complexity index is 1210. The van der Waals surface area contributed by atoms with Gasteiger partial charge in [0, 0.05) is 25.1 Å². The van der Waals surface area contributed by atoms with Gasteiger partial charge in [-0.25, -0.2) is 8.78 Å². The number of hydrogen-bond acceptors (Lipinski definition) is 4. The maximum absolute atomic E-state index is 14.4. The first kappa shape index (κ1) is 20.3. The molecule has 1 unspecified atom stereocenters. The summed E-state index contributed by atoms with van der Waals surface area (Å²) in [6.45, 7) is 2.00. The topological polar surface area (TPSA) is 64.0 Å². The van der Waals surface area contributed by atoms with Crippen LogP contribution in [0.15, 0.2) is 52.4 Å². The molecule has 2 aromatic carbocycles. The van der Waals surface area contributed by atoms with E-state index in [1.807, 2.05) is 31.2 Å². The number of carbonyl (C=O) groups excluding carboxylic acids is 1. The number of amides is 1. The predicted octanol–water partition coefficient (Wildman–Crippen LogP) is 4.13. The van der Waals surface area contributed by atoms with Crippen molar-refractivity contribution in [1.82, 2.24) is 9.55 Å². The van der Waals surface area contributed by atoms with Crippen molar-refractivity contribution in [2.24, 2.45) is 7.05 Å². The molecular formula is C22H19F2N3O2S. The molecule has 1 N–H and O–H groups in total. The molecule has 0 radical (unpaired) electrons. The Morgan fingerprint density at radius 1 is 1.20 bits per heavy atom. The van der Waals surface area contributed by atoms with Crippen LogP contribution in [0, 0.1) is 18.6 Å². The SMILES string of the molecule is Cc1cccc(CSc2nc(=O)c3c(n2C)NC(=O)CC3c2cccc(F)c2F)c1. The fraction of sp³-hybridized carbons (Fsp3) is 0.227. The molecule has 2 heterocycles. The summed E-state index contributed by atoms with van der Waals surface area (Å²) in [7, 11) is 1.69. The normalized spacial score (nSPS) is 15.6. The molecule has 0 aliphatic carbocycles. The number of aryl methyl sites for hydroxylation is 1. The third-order valence-corrected chi connectivity index (χ3v) is 6.21. The highest BCUT2D eigenvalue weighted by Crippen LogP contribution is 2.37. The van der Waals surface area contributed by atoms with Crippen molar-refractivity contribution in [3.63, 3.8) is 0 Å². The molecule has 1 amide bonds. The van der Waals surface area contributed by atoms with E-state index in [2.05, 4.69) is 10.3 Å². The minimum atomic E-state index is -1.05. The summed E-state index contributed by atoms with van der Waals surface area (Å²) in [5, 5.41) is 3.14. The third-order valence-electron chi connectivity index (χ3n) is 5.11. The lowest BCUT2D eigenvalue weighted by Crippen LogP contribution is -2.34. The number of anilines is 1. The van der Waals surface area contributed by atoms with Gasteiger partial charge >= 0.3 is 0 Å². The number of benzene rings is 2. The standard InChI is InChI=1S/C22H19F2N3O2S/c1-12-5-3-6-13(9-12)11-30-22-26-21(29)18-15(10-17(28)25-20(18)27(22)2)14-7-4-8-16(23)19(14)24/h3-9,15H,10-11H2,1-2H3,(H,25,28). The zero-order valence-electron chi connectivity index (χ0n) is 16.4. The molecule has 30 heavy (non-hydrogen) atoms. The van der Waals surface area contributed by atoms with E-state index in [1.54, 1.807) is 11.6 Å². The molecule has 0 bridgehead atoms. The quantitative estimate of drug-likeness (QED) is 0.502. The molecule has 0 saturated heterocycles. The maximum atomic E-state index is 14.4. The Labute approximate surface area is 176 Å². The van der Waals surface area contributed by atoms with Crippen LogP contribution in [0.1, 0.15) is 34.6 Å². The molecule has 0 saturated carbocycles. The number of aromatic nitrogens is 2. The van der Waals surface area contributed by atoms with Crippen molar-refractivity contribution in [1.29, 1.82) is 0 Å². The lowest BCUT2D eigenvalue weighted by Gasteiger charge is -2.27. The minimum absolute atomic E-state index is 0.0230. The molecule has 4 rings (SSSR count). The number of carbonyl (C=O) groups is 1. The summed E-state index contributed by atoms with van der Waals surface area (Å²) in [4.78, 5) is 29.4. The minimum Gasteiger partial charge on any atom is -0.312 e. The summed E-state index contributed by atoms with van der Waals surface area (Å²) >= 11 is 1.37. The highest BCUT2D eigenvalue weighted by Gasteiger charge is 2.34. The van der Waals surface area contributed by atoms with Gasteiger partial charge in [-0.15, -0.1) is 0 Å². The maximum Gasteiger partial charge on any atom is 0.279 e. The number of rotatable bonds is 4. The lowest BCUT2D eigenvalue weighted by atomic mass is 9.86. The summed E-state index contributed by atoms with van der Waals surface area (Å²) in [5.41, 5.74) is 1.80. The van der Waals surface area contributed by atoms with Gasteiger partial charge in [0.1, 0.15) is 5.82 Å². The fourth-order valence-electron chi connectivity index (χ4n) is 3.67. The van der Waals surface area contributed by atoms with E-state index >= 15 is 0 Å². The first-order valence-corrected chi connectivity index (χ1v) is 10.4. The Kier molecular flexibility index (Phi) is 5.42. The van der Waals surface area contributed by atoms with E-state index in [4.69, 9.17) is 0 Å². The van der Waals surface area contributed by atoms with Crippen molar-refractivity contribution < 1.29 is 13.6 Å². The summed E-state index contributed by atoms with van der Waals surface area (Å²) < 4.78 is 29.8. The molecule has 1 aliphatic rings. The van der Waals surface area contributed by atoms with Crippen molar-refractivity contribution in [2.45, 2.75) is 30.2 Å². The number of hydrogen-bond donors (Lipinski definition) is 1. The van der Waals surface area contributed by atoms with Crippen LogP contribution in [0.4, 0.5) is 14.6 Å². The lowest BCUT2D eigenvalue weighted by molar-refractivity contribution is -0.116. The van der Waals surface area contributed by atoms with Crippen molar-refractivity contribution in [2.75, 3.05) is 5.32 Å². The van der Waals surface area contributed by atoms with Crippen LogP contribution in [0.2, 0.25) is 0 Å². The Balaban J connectivity index is 1.75. The van der Waals surface area contributed by atoms with Gasteiger partial charge in [-0.1, -0.05) is 53.7 Å². The number of nitrogens with zero attached hydrogens (tertiary/aromatic N) is 2. The fourth-order valence-corrected chi connectivity index (χ4v) is 4.58. The van der Waals surface area contributed by atoms with E-state index in [-0.39, 0.29) is 29.3 Å². The molecule has 5 nitrogen and oxygen atoms in total. The Morgan fingerprint density at radius 2 is 1.97 bits per heavy atom. The van der Waals surface area contributed by atoms with Crippen LogP contribution in [-0.2, 0) is 17.6 Å². The molecule has 0 spiro atoms. The largest absolute Gasteiger partial charge is 0.312 e. The van der Waals surface area contributed by atoms with Gasteiger partial charge < -0.3 is 9.88 Å². The van der Waals surface area contributed by atoms with Crippen LogP contribution in [-0.4, -0.2) is 15.5 Å². The highest BCUT2D eigenvalue weighted by molar-refractivity contribution is 7.98. The molecule has 0 fully saturated rings. The zero-order chi connectivity index (χ0) is 21.4. The molecular weight excluding hydrogens is 408 g/mol. The molecule has 1 aromatic heterocycles. The Hall–Kier alpha value is -3.00. The van der Waals surface area contributed by atoms with Crippen molar-refractivity contribution >= 4 is 23.5 Å². The van der Waals surface area contributed by atoms with E-state index in [9.17, 15) is 18.4 Å². The van der Waals surface area contributed by atoms with Crippen LogP contribution in [0.3, 0.4) is 0 Å². The Morgan fingerprint density at radius 3 is 2.73 bits per heavy atom. The van der Waals surface area contributed by atoms with Crippen molar-refractivity contribution in [3.8, 4) is 0 Å². The summed E-state index contributed by atoms with van der Waals surface area (Å²) in [5.74, 6) is -2.47. The third kappa shape index (κ3) is 3.75.